The third-order valence-electron chi connectivity index (χ3n) is 10.4. The van der Waals surface area contributed by atoms with Gasteiger partial charge in [0.15, 0.2) is 0 Å². The van der Waals surface area contributed by atoms with Crippen molar-refractivity contribution in [2.45, 2.75) is 112 Å². The van der Waals surface area contributed by atoms with E-state index in [-0.39, 0.29) is 42.0 Å². The Kier molecular flexibility index (Phi) is 11.4. The van der Waals surface area contributed by atoms with Crippen molar-refractivity contribution in [1.29, 1.82) is 0 Å². The van der Waals surface area contributed by atoms with Gasteiger partial charge in [0.2, 0.25) is 17.6 Å². The molecule has 1 aliphatic carbocycles. The SMILES string of the molecule is CC(C)[C@H]1CCN(C(=O)[C@@H](NC(=O)N[C@H](CN2C(=O)c3ccncc3C2=O)C(C)(C)C)C(C)(C)C)[C@@H]1C(=O)NC(CC1CCC1)C(=O)C(N)=O. The molecule has 1 aromatic heterocycles. The summed E-state index contributed by atoms with van der Waals surface area (Å²) in [5, 5.41) is 8.50. The van der Waals surface area contributed by atoms with Crippen LogP contribution in [0.4, 0.5) is 4.79 Å². The number of hydrogen-bond acceptors (Lipinski definition) is 8. The van der Waals surface area contributed by atoms with Crippen LogP contribution < -0.4 is 21.7 Å². The molecule has 7 amide bonds. The molecule has 4 rings (SSSR count). The molecule has 2 fully saturated rings. The van der Waals surface area contributed by atoms with E-state index in [9.17, 15) is 33.6 Å². The van der Waals surface area contributed by atoms with Crippen LogP contribution in [0.2, 0.25) is 0 Å². The fourth-order valence-electron chi connectivity index (χ4n) is 6.98. The van der Waals surface area contributed by atoms with E-state index in [2.05, 4.69) is 20.9 Å². The lowest BCUT2D eigenvalue weighted by Crippen LogP contribution is -2.62. The van der Waals surface area contributed by atoms with Gasteiger partial charge in [-0.3, -0.25) is 38.7 Å². The molecular formula is C36H53N7O7. The average molecular weight is 696 g/mol. The lowest BCUT2D eigenvalue weighted by atomic mass is 9.80. The second-order valence-corrected chi connectivity index (χ2v) is 16.5. The van der Waals surface area contributed by atoms with E-state index >= 15 is 0 Å². The number of nitrogens with zero attached hydrogens (tertiary/aromatic N) is 3. The summed E-state index contributed by atoms with van der Waals surface area (Å²) in [6.07, 6.45) is 6.43. The fraction of sp³-hybridized carbons (Fsp3) is 0.667. The quantitative estimate of drug-likeness (QED) is 0.189. The Labute approximate surface area is 294 Å². The number of nitrogens with two attached hydrogens (primary N) is 1. The number of urea groups is 1. The van der Waals surface area contributed by atoms with Gasteiger partial charge in [-0.1, -0.05) is 74.7 Å². The topological polar surface area (TPSA) is 201 Å². The first-order chi connectivity index (χ1) is 23.2. The maximum Gasteiger partial charge on any atom is 0.315 e. The molecule has 0 aromatic carbocycles. The molecule has 14 heteroatoms. The number of fused-ring (bicyclic) bond motifs is 1. The van der Waals surface area contributed by atoms with Crippen LogP contribution in [-0.4, -0.2) is 93.4 Å². The standard InChI is InChI=1S/C36H53N7O7/c1-19(2)21-13-15-42(26(21)30(46)39-24(27(44)29(37)45)16-20-10-9-11-20)33(49)28(36(6,7)8)41-34(50)40-25(35(3,4)5)18-43-31(47)22-12-14-38-17-23(22)32(43)48/h12,14,17,19-21,24-26,28H,9-11,13,15-16,18H2,1-8H3,(H2,37,45)(H,39,46)(H2,40,41,50)/t21-,24?,25-,26+,28-/m1/s1. The van der Waals surface area contributed by atoms with Crippen molar-refractivity contribution < 1.29 is 33.6 Å². The van der Waals surface area contributed by atoms with Crippen LogP contribution in [0.15, 0.2) is 18.5 Å². The zero-order valence-electron chi connectivity index (χ0n) is 30.5. The van der Waals surface area contributed by atoms with E-state index < -0.39 is 76.3 Å². The predicted molar refractivity (Wildman–Crippen MR) is 184 cm³/mol. The number of imide groups is 1. The molecule has 2 aliphatic heterocycles. The van der Waals surface area contributed by atoms with E-state index in [1.807, 2.05) is 34.6 Å². The predicted octanol–water partition coefficient (Wildman–Crippen LogP) is 2.41. The number of hydrogen-bond donors (Lipinski definition) is 4. The Balaban J connectivity index is 1.53. The molecule has 14 nitrogen and oxygen atoms in total. The van der Waals surface area contributed by atoms with Gasteiger partial charge in [-0.2, -0.15) is 0 Å². The molecule has 50 heavy (non-hydrogen) atoms. The van der Waals surface area contributed by atoms with Crippen LogP contribution in [-0.2, 0) is 19.2 Å². The summed E-state index contributed by atoms with van der Waals surface area (Å²) >= 11 is 0. The highest BCUT2D eigenvalue weighted by Gasteiger charge is 2.48. The molecule has 5 N–H and O–H groups in total. The summed E-state index contributed by atoms with van der Waals surface area (Å²) < 4.78 is 0. The van der Waals surface area contributed by atoms with E-state index in [1.165, 1.54) is 23.4 Å². The first-order valence-corrected chi connectivity index (χ1v) is 17.5. The summed E-state index contributed by atoms with van der Waals surface area (Å²) in [5.74, 6) is -3.98. The Morgan fingerprint density at radius 2 is 1.56 bits per heavy atom. The van der Waals surface area contributed by atoms with Crippen molar-refractivity contribution in [2.24, 2.45) is 34.3 Å². The van der Waals surface area contributed by atoms with Gasteiger partial charge in [0, 0.05) is 18.9 Å². The van der Waals surface area contributed by atoms with Crippen molar-refractivity contribution in [3.63, 3.8) is 0 Å². The zero-order valence-corrected chi connectivity index (χ0v) is 30.5. The molecule has 1 aromatic rings. The first-order valence-electron chi connectivity index (χ1n) is 17.5. The van der Waals surface area contributed by atoms with Gasteiger partial charge in [-0.15, -0.1) is 0 Å². The van der Waals surface area contributed by atoms with E-state index in [1.54, 1.807) is 20.8 Å². The molecule has 0 radical (unpaired) electrons. The van der Waals surface area contributed by atoms with Gasteiger partial charge in [-0.05, 0) is 47.5 Å². The van der Waals surface area contributed by atoms with Crippen LogP contribution in [0, 0.1) is 28.6 Å². The summed E-state index contributed by atoms with van der Waals surface area (Å²) in [7, 11) is 0. The third kappa shape index (κ3) is 8.32. The van der Waals surface area contributed by atoms with Crippen molar-refractivity contribution in [3.8, 4) is 0 Å². The van der Waals surface area contributed by atoms with E-state index in [4.69, 9.17) is 5.73 Å². The second kappa shape index (κ2) is 14.9. The van der Waals surface area contributed by atoms with Crippen molar-refractivity contribution in [3.05, 3.63) is 29.6 Å². The second-order valence-electron chi connectivity index (χ2n) is 16.5. The number of primary amides is 1. The summed E-state index contributed by atoms with van der Waals surface area (Å²) in [4.78, 5) is 99.4. The van der Waals surface area contributed by atoms with Crippen LogP contribution in [0.5, 0.6) is 0 Å². The summed E-state index contributed by atoms with van der Waals surface area (Å²) in [6.45, 7) is 15.1. The Hall–Kier alpha value is -4.36. The Bertz CT molecular complexity index is 1490. The molecule has 1 saturated heterocycles. The Morgan fingerprint density at radius 1 is 0.920 bits per heavy atom. The Morgan fingerprint density at radius 3 is 2.08 bits per heavy atom. The molecule has 0 bridgehead atoms. The molecule has 5 atom stereocenters. The van der Waals surface area contributed by atoms with Gasteiger partial charge in [0.1, 0.15) is 12.1 Å². The van der Waals surface area contributed by atoms with Gasteiger partial charge in [-0.25, -0.2) is 4.79 Å². The summed E-state index contributed by atoms with van der Waals surface area (Å²) in [6, 6.07) is -2.98. The monoisotopic (exact) mass is 695 g/mol. The van der Waals surface area contributed by atoms with Gasteiger partial charge in [0.25, 0.3) is 17.7 Å². The van der Waals surface area contributed by atoms with Crippen LogP contribution in [0.1, 0.15) is 108 Å². The largest absolute Gasteiger partial charge is 0.363 e. The molecule has 274 valence electrons. The highest BCUT2D eigenvalue weighted by Crippen LogP contribution is 2.35. The smallest absolute Gasteiger partial charge is 0.315 e. The number of Topliss-reactive ketones (excluding diaryl/α,β-unsaturated/α-hetero) is 1. The number of carbonyl (C=O) groups is 7. The lowest BCUT2D eigenvalue weighted by Gasteiger charge is -2.38. The highest BCUT2D eigenvalue weighted by molar-refractivity contribution is 6.37. The van der Waals surface area contributed by atoms with E-state index in [0.717, 1.165) is 24.2 Å². The zero-order chi connectivity index (χ0) is 37.3. The van der Waals surface area contributed by atoms with Crippen molar-refractivity contribution >= 4 is 41.4 Å². The summed E-state index contributed by atoms with van der Waals surface area (Å²) in [5.41, 5.74) is 4.38. The van der Waals surface area contributed by atoms with Gasteiger partial charge in [0.05, 0.1) is 29.8 Å². The van der Waals surface area contributed by atoms with Crippen LogP contribution in [0.3, 0.4) is 0 Å². The molecule has 1 saturated carbocycles. The minimum Gasteiger partial charge on any atom is -0.363 e. The molecular weight excluding hydrogens is 642 g/mol. The number of ketones is 1. The fourth-order valence-corrected chi connectivity index (χ4v) is 6.98. The van der Waals surface area contributed by atoms with Gasteiger partial charge >= 0.3 is 6.03 Å². The normalized spacial score (nSPS) is 21.3. The lowest BCUT2D eigenvalue weighted by molar-refractivity contribution is -0.144. The van der Waals surface area contributed by atoms with Gasteiger partial charge < -0.3 is 26.6 Å². The molecule has 3 heterocycles. The maximum absolute atomic E-state index is 14.4. The average Bonchev–Trinajstić information content (AvgIpc) is 3.55. The van der Waals surface area contributed by atoms with Crippen LogP contribution in [0.25, 0.3) is 0 Å². The number of pyridine rings is 1. The van der Waals surface area contributed by atoms with Crippen molar-refractivity contribution in [1.82, 2.24) is 30.7 Å². The number of aromatic nitrogens is 1. The minimum absolute atomic E-state index is 0.00953. The minimum atomic E-state index is -1.12. The maximum atomic E-state index is 14.4. The molecule has 0 spiro atoms. The highest BCUT2D eigenvalue weighted by atomic mass is 16.2. The van der Waals surface area contributed by atoms with Crippen LogP contribution >= 0.6 is 0 Å². The number of carbonyl (C=O) groups excluding carboxylic acids is 7. The molecule has 3 aliphatic rings. The van der Waals surface area contributed by atoms with Crippen molar-refractivity contribution in [2.75, 3.05) is 13.1 Å². The first kappa shape index (κ1) is 38.4. The van der Waals surface area contributed by atoms with E-state index in [0.29, 0.717) is 12.8 Å². The molecule has 1 unspecified atom stereocenters. The number of nitrogens with one attached hydrogen (secondary N) is 3. The number of likely N-dealkylation sites (tertiary alicyclic amines) is 1. The third-order valence-corrected chi connectivity index (χ3v) is 10.4. The number of amides is 7. The number of rotatable bonds is 12.